The van der Waals surface area contributed by atoms with Crippen molar-refractivity contribution in [1.82, 2.24) is 10.2 Å². The summed E-state index contributed by atoms with van der Waals surface area (Å²) in [6.45, 7) is 3.60. The highest BCUT2D eigenvalue weighted by Crippen LogP contribution is 2.42. The smallest absolute Gasteiger partial charge is 0.316 e. The Morgan fingerprint density at radius 3 is 2.77 bits per heavy atom. The molecular formula is C13H15BrN2O5S. The second kappa shape index (κ2) is 6.41. The number of carbonyl (C=O) groups excluding carboxylic acids is 3. The van der Waals surface area contributed by atoms with Crippen molar-refractivity contribution in [2.24, 2.45) is 5.41 Å². The molecule has 2 aliphatic rings. The topological polar surface area (TPSA) is 104 Å². The Balaban J connectivity index is 1.98. The third kappa shape index (κ3) is 2.91. The first kappa shape index (κ1) is 17.0. The van der Waals surface area contributed by atoms with Crippen LogP contribution in [0.4, 0.5) is 0 Å². The van der Waals surface area contributed by atoms with Gasteiger partial charge in [-0.15, -0.1) is 18.3 Å². The first-order chi connectivity index (χ1) is 10.3. The zero-order valence-corrected chi connectivity index (χ0v) is 14.0. The van der Waals surface area contributed by atoms with Gasteiger partial charge in [0.25, 0.3) is 0 Å². The number of nitrogens with one attached hydrogen (secondary N) is 1. The Bertz CT molecular complexity index is 555. The van der Waals surface area contributed by atoms with Crippen molar-refractivity contribution in [1.29, 1.82) is 0 Å². The number of alkyl halides is 1. The SMILES string of the molecule is C=CC1(C(=O)O)CS[C@@H]2C(NC(=O)CC(=O)CBr)C(=O)N2C1. The second-order valence-corrected chi connectivity index (χ2v) is 6.89. The van der Waals surface area contributed by atoms with Gasteiger partial charge in [0.1, 0.15) is 16.8 Å². The van der Waals surface area contributed by atoms with Crippen LogP contribution in [0.2, 0.25) is 0 Å². The van der Waals surface area contributed by atoms with Crippen LogP contribution in [0.5, 0.6) is 0 Å². The van der Waals surface area contributed by atoms with Gasteiger partial charge in [-0.3, -0.25) is 19.2 Å². The van der Waals surface area contributed by atoms with E-state index in [4.69, 9.17) is 0 Å². The molecule has 2 heterocycles. The molecule has 2 N–H and O–H groups in total. The molecule has 2 unspecified atom stereocenters. The Kier molecular flexibility index (Phi) is 4.96. The van der Waals surface area contributed by atoms with Gasteiger partial charge < -0.3 is 15.3 Å². The van der Waals surface area contributed by atoms with E-state index >= 15 is 0 Å². The Morgan fingerprint density at radius 1 is 1.55 bits per heavy atom. The Labute approximate surface area is 139 Å². The standard InChI is InChI=1S/C13H15BrN2O5S/c1-2-13(12(20)21)5-16-10(19)9(11(16)22-6-13)15-8(18)3-7(17)4-14/h2,9,11H,1,3-6H2,(H,15,18)(H,20,21)/t9?,11-,13?/m1/s1. The number of β-lactam (4-membered cyclic amide) rings is 1. The van der Waals surface area contributed by atoms with Crippen LogP contribution in [0.3, 0.4) is 0 Å². The maximum atomic E-state index is 12.1. The molecule has 7 nitrogen and oxygen atoms in total. The summed E-state index contributed by atoms with van der Waals surface area (Å²) in [4.78, 5) is 47.8. The van der Waals surface area contributed by atoms with Crippen LogP contribution in [-0.2, 0) is 19.2 Å². The van der Waals surface area contributed by atoms with Gasteiger partial charge in [-0.2, -0.15) is 0 Å². The number of Topliss-reactive ketones (excluding diaryl/α,β-unsaturated/α-hetero) is 1. The summed E-state index contributed by atoms with van der Waals surface area (Å²) in [6.07, 6.45) is 1.07. The normalized spacial score (nSPS) is 30.0. The van der Waals surface area contributed by atoms with Crippen LogP contribution in [0, 0.1) is 5.41 Å². The molecule has 2 saturated heterocycles. The van der Waals surface area contributed by atoms with E-state index in [9.17, 15) is 24.3 Å². The van der Waals surface area contributed by atoms with Gasteiger partial charge in [0.15, 0.2) is 5.78 Å². The average molecular weight is 391 g/mol. The lowest BCUT2D eigenvalue weighted by molar-refractivity contribution is -0.156. The molecule has 22 heavy (non-hydrogen) atoms. The first-order valence-electron chi connectivity index (χ1n) is 6.51. The van der Waals surface area contributed by atoms with E-state index in [2.05, 4.69) is 27.8 Å². The molecule has 0 aliphatic carbocycles. The minimum Gasteiger partial charge on any atom is -0.481 e. The monoisotopic (exact) mass is 390 g/mol. The average Bonchev–Trinajstić information content (AvgIpc) is 2.51. The summed E-state index contributed by atoms with van der Waals surface area (Å²) in [7, 11) is 0. The van der Waals surface area contributed by atoms with Gasteiger partial charge in [0.05, 0.1) is 11.8 Å². The highest BCUT2D eigenvalue weighted by Gasteiger charge is 2.56. The van der Waals surface area contributed by atoms with Crippen molar-refractivity contribution in [3.05, 3.63) is 12.7 Å². The lowest BCUT2D eigenvalue weighted by atomic mass is 9.87. The highest BCUT2D eigenvalue weighted by atomic mass is 79.9. The van der Waals surface area contributed by atoms with Crippen molar-refractivity contribution < 1.29 is 24.3 Å². The molecular weight excluding hydrogens is 376 g/mol. The molecule has 0 radical (unpaired) electrons. The summed E-state index contributed by atoms with van der Waals surface area (Å²) >= 11 is 4.26. The number of ketones is 1. The predicted molar refractivity (Wildman–Crippen MR) is 83.6 cm³/mol. The van der Waals surface area contributed by atoms with E-state index in [1.807, 2.05) is 0 Å². The molecule has 0 saturated carbocycles. The number of nitrogens with zero attached hydrogens (tertiary/aromatic N) is 1. The fourth-order valence-electron chi connectivity index (χ4n) is 2.39. The molecule has 2 aliphatic heterocycles. The summed E-state index contributed by atoms with van der Waals surface area (Å²) < 4.78 is 0. The molecule has 2 rings (SSSR count). The zero-order valence-electron chi connectivity index (χ0n) is 11.6. The summed E-state index contributed by atoms with van der Waals surface area (Å²) in [5.41, 5.74) is -1.16. The lowest BCUT2D eigenvalue weighted by Gasteiger charge is -2.53. The van der Waals surface area contributed by atoms with Crippen LogP contribution >= 0.6 is 27.7 Å². The van der Waals surface area contributed by atoms with Crippen molar-refractivity contribution >= 4 is 51.3 Å². The van der Waals surface area contributed by atoms with E-state index in [0.717, 1.165) is 0 Å². The molecule has 2 amide bonds. The van der Waals surface area contributed by atoms with Gasteiger partial charge in [0, 0.05) is 12.3 Å². The molecule has 2 fully saturated rings. The minimum absolute atomic E-state index is 0.0506. The summed E-state index contributed by atoms with van der Waals surface area (Å²) in [6, 6.07) is -0.697. The number of carboxylic acid groups (broad SMARTS) is 1. The van der Waals surface area contributed by atoms with Crippen LogP contribution < -0.4 is 5.32 Å². The number of hydrogen-bond donors (Lipinski definition) is 2. The number of amides is 2. The largest absolute Gasteiger partial charge is 0.481 e. The lowest BCUT2D eigenvalue weighted by Crippen LogP contribution is -2.73. The van der Waals surface area contributed by atoms with Crippen LogP contribution in [-0.4, -0.2) is 62.6 Å². The van der Waals surface area contributed by atoms with E-state index in [-0.39, 0.29) is 41.1 Å². The van der Waals surface area contributed by atoms with Crippen molar-refractivity contribution in [3.63, 3.8) is 0 Å². The Morgan fingerprint density at radius 2 is 2.23 bits per heavy atom. The van der Waals surface area contributed by atoms with Crippen LogP contribution in [0.1, 0.15) is 6.42 Å². The fourth-order valence-corrected chi connectivity index (χ4v) is 4.12. The zero-order chi connectivity index (χ0) is 16.5. The van der Waals surface area contributed by atoms with Gasteiger partial charge in [0.2, 0.25) is 11.8 Å². The number of carboxylic acids is 1. The van der Waals surface area contributed by atoms with Crippen molar-refractivity contribution in [3.8, 4) is 0 Å². The maximum Gasteiger partial charge on any atom is 0.316 e. The minimum atomic E-state index is -1.16. The Hall–Kier alpha value is -1.35. The number of hydrogen-bond acceptors (Lipinski definition) is 5. The number of aliphatic carboxylic acids is 1. The number of carbonyl (C=O) groups is 4. The van der Waals surface area contributed by atoms with Gasteiger partial charge in [-0.25, -0.2) is 0 Å². The van der Waals surface area contributed by atoms with Crippen LogP contribution in [0.15, 0.2) is 12.7 Å². The van der Waals surface area contributed by atoms with Gasteiger partial charge in [-0.05, 0) is 0 Å². The quantitative estimate of drug-likeness (QED) is 0.286. The molecule has 0 aromatic heterocycles. The fraction of sp³-hybridized carbons (Fsp3) is 0.538. The number of rotatable bonds is 6. The van der Waals surface area contributed by atoms with Gasteiger partial charge in [-0.1, -0.05) is 22.0 Å². The summed E-state index contributed by atoms with van der Waals surface area (Å²) in [5, 5.41) is 11.6. The number of fused-ring (bicyclic) bond motifs is 1. The predicted octanol–water partition coefficient (Wildman–Crippen LogP) is -0.00260. The molecule has 0 spiro atoms. The van der Waals surface area contributed by atoms with Crippen molar-refractivity contribution in [2.45, 2.75) is 17.8 Å². The molecule has 120 valence electrons. The maximum absolute atomic E-state index is 12.1. The second-order valence-electron chi connectivity index (χ2n) is 5.23. The molecule has 9 heteroatoms. The van der Waals surface area contributed by atoms with E-state index in [1.165, 1.54) is 22.7 Å². The highest BCUT2D eigenvalue weighted by molar-refractivity contribution is 9.09. The van der Waals surface area contributed by atoms with E-state index in [0.29, 0.717) is 0 Å². The third-order valence-electron chi connectivity index (χ3n) is 3.75. The molecule has 0 bridgehead atoms. The molecule has 0 aromatic rings. The number of thioether (sulfide) groups is 1. The van der Waals surface area contributed by atoms with Crippen molar-refractivity contribution in [2.75, 3.05) is 17.6 Å². The van der Waals surface area contributed by atoms with Gasteiger partial charge >= 0.3 is 5.97 Å². The van der Waals surface area contributed by atoms with Crippen LogP contribution in [0.25, 0.3) is 0 Å². The molecule has 3 atom stereocenters. The van der Waals surface area contributed by atoms with E-state index in [1.54, 1.807) is 0 Å². The first-order valence-corrected chi connectivity index (χ1v) is 8.68. The van der Waals surface area contributed by atoms with E-state index < -0.39 is 23.3 Å². The third-order valence-corrected chi connectivity index (χ3v) is 5.92. The number of halogens is 1. The molecule has 0 aromatic carbocycles. The summed E-state index contributed by atoms with van der Waals surface area (Å²) in [5.74, 6) is -1.83.